The maximum Gasteiger partial charge on any atom is 0.126 e. The fraction of sp³-hybridized carbons (Fsp3) is 0.200. The Balaban J connectivity index is 2.17. The van der Waals surface area contributed by atoms with E-state index in [2.05, 4.69) is 0 Å². The minimum Gasteiger partial charge on any atom is -0.497 e. The van der Waals surface area contributed by atoms with E-state index in [1.165, 1.54) is 12.1 Å². The quantitative estimate of drug-likeness (QED) is 0.751. The van der Waals surface area contributed by atoms with Gasteiger partial charge in [0.2, 0.25) is 0 Å². The second kappa shape index (κ2) is 6.02. The topological polar surface area (TPSA) is 9.23 Å². The molecule has 0 heterocycles. The predicted molar refractivity (Wildman–Crippen MR) is 71.7 cm³/mol. The minimum absolute atomic E-state index is 0.432. The van der Waals surface area contributed by atoms with E-state index < -0.39 is 17.0 Å². The summed E-state index contributed by atoms with van der Waals surface area (Å²) in [6.07, 6.45) is 0.474. The van der Waals surface area contributed by atoms with E-state index >= 15 is 0 Å². The molecular weight excluding hydrogens is 270 g/mol. The first kappa shape index (κ1) is 13.8. The van der Waals surface area contributed by atoms with Gasteiger partial charge in [0, 0.05) is 6.07 Å². The lowest BCUT2D eigenvalue weighted by molar-refractivity contribution is 0.414. The molecule has 19 heavy (non-hydrogen) atoms. The zero-order chi connectivity index (χ0) is 13.8. The largest absolute Gasteiger partial charge is 0.497 e. The number of rotatable bonds is 4. The number of halogens is 3. The molecule has 0 bridgehead atoms. The van der Waals surface area contributed by atoms with E-state index in [9.17, 15) is 8.78 Å². The molecule has 0 fully saturated rings. The van der Waals surface area contributed by atoms with Crippen molar-refractivity contribution in [3.8, 4) is 5.75 Å². The van der Waals surface area contributed by atoms with Crippen molar-refractivity contribution < 1.29 is 13.5 Å². The van der Waals surface area contributed by atoms with Gasteiger partial charge in [-0.2, -0.15) is 0 Å². The lowest BCUT2D eigenvalue weighted by Gasteiger charge is -2.11. The summed E-state index contributed by atoms with van der Waals surface area (Å²) in [6.45, 7) is 0. The van der Waals surface area contributed by atoms with Gasteiger partial charge in [-0.05, 0) is 41.8 Å². The smallest absolute Gasteiger partial charge is 0.126 e. The van der Waals surface area contributed by atoms with Gasteiger partial charge in [-0.1, -0.05) is 12.1 Å². The molecule has 0 saturated heterocycles. The number of alkyl halides is 1. The van der Waals surface area contributed by atoms with Gasteiger partial charge in [0.05, 0.1) is 12.5 Å². The van der Waals surface area contributed by atoms with Crippen LogP contribution >= 0.6 is 11.6 Å². The highest BCUT2D eigenvalue weighted by molar-refractivity contribution is 6.20. The molecule has 0 radical (unpaired) electrons. The summed E-state index contributed by atoms with van der Waals surface area (Å²) >= 11 is 6.21. The van der Waals surface area contributed by atoms with E-state index in [1.54, 1.807) is 7.11 Å². The van der Waals surface area contributed by atoms with Crippen molar-refractivity contribution in [3.63, 3.8) is 0 Å². The van der Waals surface area contributed by atoms with Crippen molar-refractivity contribution in [3.05, 3.63) is 65.2 Å². The number of methoxy groups -OCH3 is 1. The van der Waals surface area contributed by atoms with E-state index in [1.807, 2.05) is 24.3 Å². The van der Waals surface area contributed by atoms with Gasteiger partial charge in [0.25, 0.3) is 0 Å². The fourth-order valence-electron chi connectivity index (χ4n) is 1.88. The SMILES string of the molecule is COc1cccc(CC(Cl)c2cc(F)cc(F)c2)c1. The number of hydrogen-bond donors (Lipinski definition) is 0. The maximum absolute atomic E-state index is 13.1. The first-order chi connectivity index (χ1) is 9.08. The summed E-state index contributed by atoms with van der Waals surface area (Å²) in [7, 11) is 1.58. The van der Waals surface area contributed by atoms with Crippen LogP contribution in [0.5, 0.6) is 5.75 Å². The minimum atomic E-state index is -0.619. The van der Waals surface area contributed by atoms with Gasteiger partial charge in [-0.3, -0.25) is 0 Å². The Hall–Kier alpha value is -1.61. The standard InChI is InChI=1S/C15H13ClF2O/c1-19-14-4-2-3-10(5-14)6-15(16)11-7-12(17)9-13(18)8-11/h2-5,7-9,15H,6H2,1H3. The summed E-state index contributed by atoms with van der Waals surface area (Å²) in [5.41, 5.74) is 1.38. The molecule has 0 N–H and O–H groups in total. The summed E-state index contributed by atoms with van der Waals surface area (Å²) < 4.78 is 31.4. The van der Waals surface area contributed by atoms with Gasteiger partial charge in [-0.15, -0.1) is 11.6 Å². The Morgan fingerprint density at radius 2 is 1.79 bits per heavy atom. The van der Waals surface area contributed by atoms with Crippen LogP contribution in [-0.4, -0.2) is 7.11 Å². The van der Waals surface area contributed by atoms with Crippen LogP contribution in [0.2, 0.25) is 0 Å². The second-order valence-electron chi connectivity index (χ2n) is 4.23. The highest BCUT2D eigenvalue weighted by Crippen LogP contribution is 2.27. The van der Waals surface area contributed by atoms with E-state index in [4.69, 9.17) is 16.3 Å². The molecule has 2 aromatic carbocycles. The van der Waals surface area contributed by atoms with Crippen LogP contribution in [0.1, 0.15) is 16.5 Å². The Bertz CT molecular complexity index is 552. The molecule has 0 spiro atoms. The molecule has 0 aliphatic carbocycles. The summed E-state index contributed by atoms with van der Waals surface area (Å²) in [4.78, 5) is 0. The Morgan fingerprint density at radius 1 is 1.11 bits per heavy atom. The van der Waals surface area contributed by atoms with Gasteiger partial charge in [-0.25, -0.2) is 8.78 Å². The van der Waals surface area contributed by atoms with E-state index in [-0.39, 0.29) is 0 Å². The van der Waals surface area contributed by atoms with Gasteiger partial charge < -0.3 is 4.74 Å². The van der Waals surface area contributed by atoms with Crippen LogP contribution in [0.15, 0.2) is 42.5 Å². The van der Waals surface area contributed by atoms with Crippen LogP contribution in [0.25, 0.3) is 0 Å². The van der Waals surface area contributed by atoms with E-state index in [0.29, 0.717) is 12.0 Å². The van der Waals surface area contributed by atoms with Crippen molar-refractivity contribution >= 4 is 11.6 Å². The van der Waals surface area contributed by atoms with Gasteiger partial charge >= 0.3 is 0 Å². The van der Waals surface area contributed by atoms with Crippen molar-refractivity contribution in [2.45, 2.75) is 11.8 Å². The third kappa shape index (κ3) is 3.67. The van der Waals surface area contributed by atoms with Crippen LogP contribution in [-0.2, 0) is 6.42 Å². The van der Waals surface area contributed by atoms with Gasteiger partial charge in [0.1, 0.15) is 17.4 Å². The second-order valence-corrected chi connectivity index (χ2v) is 4.75. The van der Waals surface area contributed by atoms with Crippen molar-refractivity contribution in [2.24, 2.45) is 0 Å². The predicted octanol–water partition coefficient (Wildman–Crippen LogP) is 4.50. The molecule has 0 aliphatic rings. The molecule has 0 aliphatic heterocycles. The molecule has 2 rings (SSSR count). The molecule has 2 aromatic rings. The molecule has 100 valence electrons. The normalized spacial score (nSPS) is 12.2. The first-order valence-corrected chi connectivity index (χ1v) is 6.25. The summed E-state index contributed by atoms with van der Waals surface area (Å²) in [5, 5.41) is -0.489. The Labute approximate surface area is 115 Å². The van der Waals surface area contributed by atoms with Crippen LogP contribution in [0.4, 0.5) is 8.78 Å². The molecule has 0 saturated carbocycles. The molecule has 1 nitrogen and oxygen atoms in total. The number of hydrogen-bond acceptors (Lipinski definition) is 1. The maximum atomic E-state index is 13.1. The van der Waals surface area contributed by atoms with Crippen LogP contribution < -0.4 is 4.74 Å². The van der Waals surface area contributed by atoms with Crippen molar-refractivity contribution in [2.75, 3.05) is 7.11 Å². The third-order valence-corrected chi connectivity index (χ3v) is 3.20. The zero-order valence-electron chi connectivity index (χ0n) is 10.4. The highest BCUT2D eigenvalue weighted by Gasteiger charge is 2.12. The zero-order valence-corrected chi connectivity index (χ0v) is 11.1. The summed E-state index contributed by atoms with van der Waals surface area (Å²) in [5.74, 6) is -0.510. The lowest BCUT2D eigenvalue weighted by atomic mass is 10.0. The fourth-order valence-corrected chi connectivity index (χ4v) is 2.18. The molecule has 4 heteroatoms. The summed E-state index contributed by atoms with van der Waals surface area (Å²) in [6, 6.07) is 10.8. The van der Waals surface area contributed by atoms with Crippen LogP contribution in [0, 0.1) is 11.6 Å². The third-order valence-electron chi connectivity index (χ3n) is 2.80. The molecule has 0 aromatic heterocycles. The van der Waals surface area contributed by atoms with Crippen molar-refractivity contribution in [1.82, 2.24) is 0 Å². The average Bonchev–Trinajstić information content (AvgIpc) is 2.37. The Kier molecular flexibility index (Phi) is 4.38. The van der Waals surface area contributed by atoms with Gasteiger partial charge in [0.15, 0.2) is 0 Å². The van der Waals surface area contributed by atoms with Crippen molar-refractivity contribution in [1.29, 1.82) is 0 Å². The first-order valence-electron chi connectivity index (χ1n) is 5.81. The molecule has 1 atom stereocenters. The average molecular weight is 283 g/mol. The molecule has 0 amide bonds. The Morgan fingerprint density at radius 3 is 2.42 bits per heavy atom. The van der Waals surface area contributed by atoms with E-state index in [0.717, 1.165) is 17.4 Å². The number of ether oxygens (including phenoxy) is 1. The van der Waals surface area contributed by atoms with Crippen LogP contribution in [0.3, 0.4) is 0 Å². The monoisotopic (exact) mass is 282 g/mol. The molecule has 1 unspecified atom stereocenters. The highest BCUT2D eigenvalue weighted by atomic mass is 35.5. The number of benzene rings is 2. The lowest BCUT2D eigenvalue weighted by Crippen LogP contribution is -1.98. The molecular formula is C15H13ClF2O.